The van der Waals surface area contributed by atoms with E-state index in [9.17, 15) is 4.79 Å². The molecule has 5 heteroatoms. The number of allylic oxidation sites excluding steroid dienone is 1. The topological polar surface area (TPSA) is 52.1 Å². The fraction of sp³-hybridized carbons (Fsp3) is 0.500. The number of Topliss-reactive ketones (excluding diaryl/α,β-unsaturated/α-hetero) is 1. The predicted molar refractivity (Wildman–Crippen MR) is 57.0 cm³/mol. The van der Waals surface area contributed by atoms with E-state index >= 15 is 0 Å². The normalized spacial score (nSPS) is 15.3. The summed E-state index contributed by atoms with van der Waals surface area (Å²) in [7, 11) is 0. The van der Waals surface area contributed by atoms with E-state index in [0.29, 0.717) is 17.2 Å². The highest BCUT2D eigenvalue weighted by molar-refractivity contribution is 7.08. The lowest BCUT2D eigenvalue weighted by molar-refractivity contribution is 0.0945. The number of ketones is 1. The third kappa shape index (κ3) is 1.92. The van der Waals surface area contributed by atoms with Crippen molar-refractivity contribution in [1.82, 2.24) is 9.59 Å². The third-order valence-electron chi connectivity index (χ3n) is 2.20. The second-order valence-electron chi connectivity index (χ2n) is 3.68. The van der Waals surface area contributed by atoms with E-state index in [2.05, 4.69) is 9.59 Å². The van der Waals surface area contributed by atoms with Gasteiger partial charge in [0.25, 0.3) is 0 Å². The first kappa shape index (κ1) is 10.3. The molecule has 0 aliphatic carbocycles. The average molecular weight is 224 g/mol. The highest BCUT2D eigenvalue weighted by atomic mass is 32.1. The van der Waals surface area contributed by atoms with Crippen molar-refractivity contribution in [3.63, 3.8) is 0 Å². The molecule has 80 valence electrons. The van der Waals surface area contributed by atoms with Gasteiger partial charge in [0.2, 0.25) is 5.78 Å². The van der Waals surface area contributed by atoms with Gasteiger partial charge in [0.1, 0.15) is 4.88 Å². The molecule has 0 atom stereocenters. The number of hydrogen-bond donors (Lipinski definition) is 0. The van der Waals surface area contributed by atoms with Gasteiger partial charge in [0.05, 0.1) is 12.3 Å². The van der Waals surface area contributed by atoms with Crippen molar-refractivity contribution in [3.05, 3.63) is 22.4 Å². The number of carbonyl (C=O) groups is 1. The fourth-order valence-electron chi connectivity index (χ4n) is 1.42. The zero-order valence-electron chi connectivity index (χ0n) is 8.69. The monoisotopic (exact) mass is 224 g/mol. The molecule has 1 aromatic heterocycles. The smallest absolute Gasteiger partial charge is 0.240 e. The van der Waals surface area contributed by atoms with Crippen LogP contribution in [0.3, 0.4) is 0 Å². The van der Waals surface area contributed by atoms with Gasteiger partial charge >= 0.3 is 0 Å². The number of aromatic nitrogens is 2. The van der Waals surface area contributed by atoms with Crippen molar-refractivity contribution in [2.75, 3.05) is 6.61 Å². The van der Waals surface area contributed by atoms with Crippen molar-refractivity contribution in [3.8, 4) is 0 Å². The standard InChI is InChI=1S/C10H12N2O2S/c1-6(2)8-10(15-12-11-8)9(13)7-4-3-5-14-7/h4,6H,3,5H2,1-2H3. The third-order valence-corrected chi connectivity index (χ3v) is 2.94. The van der Waals surface area contributed by atoms with Crippen LogP contribution in [0.2, 0.25) is 0 Å². The maximum atomic E-state index is 12.0. The minimum absolute atomic E-state index is 0.0776. The van der Waals surface area contributed by atoms with Gasteiger partial charge in [-0.1, -0.05) is 18.3 Å². The Morgan fingerprint density at radius 2 is 2.40 bits per heavy atom. The Balaban J connectivity index is 2.29. The van der Waals surface area contributed by atoms with Crippen LogP contribution in [-0.2, 0) is 4.74 Å². The molecule has 1 aromatic rings. The Bertz CT molecular complexity index is 409. The number of hydrogen-bond acceptors (Lipinski definition) is 5. The SMILES string of the molecule is CC(C)c1nnsc1C(=O)C1=CCCO1. The van der Waals surface area contributed by atoms with Gasteiger partial charge in [-0.15, -0.1) is 5.10 Å². The maximum Gasteiger partial charge on any atom is 0.240 e. The molecule has 0 aromatic carbocycles. The Morgan fingerprint density at radius 3 is 3.00 bits per heavy atom. The minimum Gasteiger partial charge on any atom is -0.489 e. The average Bonchev–Trinajstić information content (AvgIpc) is 2.88. The van der Waals surface area contributed by atoms with Crippen molar-refractivity contribution >= 4 is 17.3 Å². The van der Waals surface area contributed by atoms with Gasteiger partial charge in [-0.25, -0.2) is 0 Å². The van der Waals surface area contributed by atoms with Crippen LogP contribution in [0.4, 0.5) is 0 Å². The number of rotatable bonds is 3. The highest BCUT2D eigenvalue weighted by Crippen LogP contribution is 2.24. The molecular weight excluding hydrogens is 212 g/mol. The second kappa shape index (κ2) is 4.10. The van der Waals surface area contributed by atoms with E-state index in [4.69, 9.17) is 4.74 Å². The zero-order chi connectivity index (χ0) is 10.8. The van der Waals surface area contributed by atoms with E-state index in [1.165, 1.54) is 0 Å². The summed E-state index contributed by atoms with van der Waals surface area (Å²) >= 11 is 1.14. The van der Waals surface area contributed by atoms with Crippen LogP contribution in [0.25, 0.3) is 0 Å². The van der Waals surface area contributed by atoms with E-state index in [-0.39, 0.29) is 11.7 Å². The summed E-state index contributed by atoms with van der Waals surface area (Å²) in [5, 5.41) is 3.97. The molecule has 0 saturated carbocycles. The van der Waals surface area contributed by atoms with E-state index in [1.807, 2.05) is 19.9 Å². The van der Waals surface area contributed by atoms with Gasteiger partial charge in [-0.2, -0.15) is 0 Å². The Labute approximate surface area is 92.1 Å². The van der Waals surface area contributed by atoms with Crippen molar-refractivity contribution < 1.29 is 9.53 Å². The van der Waals surface area contributed by atoms with Crippen molar-refractivity contribution in [2.45, 2.75) is 26.2 Å². The number of ether oxygens (including phenoxy) is 1. The lowest BCUT2D eigenvalue weighted by atomic mass is 10.1. The number of nitrogens with zero attached hydrogens (tertiary/aromatic N) is 2. The van der Waals surface area contributed by atoms with Gasteiger partial charge in [0, 0.05) is 6.42 Å². The van der Waals surface area contributed by atoms with Crippen LogP contribution < -0.4 is 0 Å². The zero-order valence-corrected chi connectivity index (χ0v) is 9.50. The van der Waals surface area contributed by atoms with Crippen LogP contribution in [-0.4, -0.2) is 22.0 Å². The molecule has 0 bridgehead atoms. The minimum atomic E-state index is -0.0776. The van der Waals surface area contributed by atoms with Crippen molar-refractivity contribution in [2.24, 2.45) is 0 Å². The summed E-state index contributed by atoms with van der Waals surface area (Å²) in [5.74, 6) is 0.582. The van der Waals surface area contributed by atoms with Gasteiger partial charge in [0.15, 0.2) is 5.76 Å². The molecule has 15 heavy (non-hydrogen) atoms. The Kier molecular flexibility index (Phi) is 2.81. The molecule has 4 nitrogen and oxygen atoms in total. The first-order valence-corrected chi connectivity index (χ1v) is 5.67. The number of carbonyl (C=O) groups excluding carboxylic acids is 1. The highest BCUT2D eigenvalue weighted by Gasteiger charge is 2.24. The van der Waals surface area contributed by atoms with E-state index in [1.54, 1.807) is 0 Å². The summed E-state index contributed by atoms with van der Waals surface area (Å²) in [6, 6.07) is 0. The molecule has 0 spiro atoms. The van der Waals surface area contributed by atoms with Crippen LogP contribution in [0.1, 0.15) is 41.6 Å². The van der Waals surface area contributed by atoms with Gasteiger partial charge < -0.3 is 4.74 Å². The van der Waals surface area contributed by atoms with Crippen LogP contribution >= 0.6 is 11.5 Å². The van der Waals surface area contributed by atoms with E-state index in [0.717, 1.165) is 23.6 Å². The van der Waals surface area contributed by atoms with Crippen molar-refractivity contribution in [1.29, 1.82) is 0 Å². The molecule has 0 saturated heterocycles. The summed E-state index contributed by atoms with van der Waals surface area (Å²) in [4.78, 5) is 12.6. The molecule has 0 amide bonds. The molecule has 1 aliphatic heterocycles. The van der Waals surface area contributed by atoms with Crippen LogP contribution in [0.15, 0.2) is 11.8 Å². The largest absolute Gasteiger partial charge is 0.489 e. The fourth-order valence-corrected chi connectivity index (χ4v) is 2.18. The molecule has 0 N–H and O–H groups in total. The maximum absolute atomic E-state index is 12.0. The summed E-state index contributed by atoms with van der Waals surface area (Å²) in [6.07, 6.45) is 2.64. The summed E-state index contributed by atoms with van der Waals surface area (Å²) < 4.78 is 9.06. The predicted octanol–water partition coefficient (Wildman–Crippen LogP) is 2.15. The molecule has 0 radical (unpaired) electrons. The molecule has 2 rings (SSSR count). The lowest BCUT2D eigenvalue weighted by Gasteiger charge is -2.04. The summed E-state index contributed by atoms with van der Waals surface area (Å²) in [6.45, 7) is 4.60. The first-order valence-electron chi connectivity index (χ1n) is 4.90. The summed E-state index contributed by atoms with van der Waals surface area (Å²) in [5.41, 5.74) is 0.765. The Hall–Kier alpha value is -1.23. The van der Waals surface area contributed by atoms with Gasteiger partial charge in [-0.05, 0) is 23.5 Å². The lowest BCUT2D eigenvalue weighted by Crippen LogP contribution is -2.06. The van der Waals surface area contributed by atoms with Crippen LogP contribution in [0.5, 0.6) is 0 Å². The Morgan fingerprint density at radius 1 is 1.60 bits per heavy atom. The molecule has 0 unspecified atom stereocenters. The first-order chi connectivity index (χ1) is 7.20. The molecule has 1 aliphatic rings. The molecular formula is C10H12N2O2S. The van der Waals surface area contributed by atoms with Crippen LogP contribution in [0, 0.1) is 0 Å². The quantitative estimate of drug-likeness (QED) is 0.738. The molecule has 0 fully saturated rings. The molecule has 2 heterocycles. The van der Waals surface area contributed by atoms with E-state index < -0.39 is 0 Å². The second-order valence-corrected chi connectivity index (χ2v) is 4.43. The van der Waals surface area contributed by atoms with Gasteiger partial charge in [-0.3, -0.25) is 4.79 Å².